The van der Waals surface area contributed by atoms with Gasteiger partial charge in [-0.3, -0.25) is 19.3 Å². The van der Waals surface area contributed by atoms with Gasteiger partial charge in [0.25, 0.3) is 5.91 Å². The van der Waals surface area contributed by atoms with Crippen molar-refractivity contribution in [3.63, 3.8) is 0 Å². The van der Waals surface area contributed by atoms with Crippen molar-refractivity contribution in [1.29, 1.82) is 0 Å². The second-order valence-corrected chi connectivity index (χ2v) is 12.4. The number of hydroxylamine groups is 1. The monoisotopic (exact) mass is 512 g/mol. The molecule has 2 aliphatic rings. The summed E-state index contributed by atoms with van der Waals surface area (Å²) in [6.07, 6.45) is -0.915. The molecule has 1 N–H and O–H groups in total. The Morgan fingerprint density at radius 3 is 1.84 bits per heavy atom. The van der Waals surface area contributed by atoms with Gasteiger partial charge in [-0.25, -0.2) is 5.06 Å². The van der Waals surface area contributed by atoms with Crippen LogP contribution in [0.2, 0.25) is 0 Å². The van der Waals surface area contributed by atoms with E-state index in [-0.39, 0.29) is 34.9 Å². The Kier molecular flexibility index (Phi) is 6.35. The molecule has 198 valence electrons. The van der Waals surface area contributed by atoms with Gasteiger partial charge >= 0.3 is 0 Å². The van der Waals surface area contributed by atoms with Gasteiger partial charge in [-0.1, -0.05) is 90.1 Å². The van der Waals surface area contributed by atoms with E-state index in [1.165, 1.54) is 4.90 Å². The molecule has 0 spiro atoms. The molecule has 2 aliphatic heterocycles. The second-order valence-electron chi connectivity index (χ2n) is 12.4. The number of aromatic hydroxyl groups is 1. The van der Waals surface area contributed by atoms with Crippen molar-refractivity contribution in [3.8, 4) is 5.75 Å². The molecule has 0 aliphatic carbocycles. The fourth-order valence-corrected chi connectivity index (χ4v) is 5.50. The quantitative estimate of drug-likeness (QED) is 0.432. The third kappa shape index (κ3) is 4.47. The summed E-state index contributed by atoms with van der Waals surface area (Å²) < 4.78 is 0. The topological polar surface area (TPSA) is 70.1 Å². The van der Waals surface area contributed by atoms with Crippen molar-refractivity contribution in [1.82, 2.24) is 4.90 Å². The number of phenolic OH excluding ortho intramolecular Hbond substituents is 1. The molecule has 2 heterocycles. The number of carbonyl (C=O) groups excluding carboxylic acids is 2. The lowest BCUT2D eigenvalue weighted by Gasteiger charge is -2.33. The molecule has 3 aromatic carbocycles. The van der Waals surface area contributed by atoms with E-state index in [1.54, 1.807) is 5.06 Å². The zero-order valence-corrected chi connectivity index (χ0v) is 22.9. The first-order chi connectivity index (χ1) is 17.9. The van der Waals surface area contributed by atoms with Crippen LogP contribution >= 0.6 is 0 Å². The van der Waals surface area contributed by atoms with E-state index >= 15 is 0 Å². The van der Waals surface area contributed by atoms with Crippen LogP contribution in [0, 0.1) is 5.92 Å². The Morgan fingerprint density at radius 2 is 1.32 bits per heavy atom. The lowest BCUT2D eigenvalue weighted by atomic mass is 9.76. The number of benzene rings is 3. The van der Waals surface area contributed by atoms with E-state index in [9.17, 15) is 14.7 Å². The van der Waals surface area contributed by atoms with Crippen LogP contribution in [0.25, 0.3) is 0 Å². The van der Waals surface area contributed by atoms with Gasteiger partial charge in [-0.15, -0.1) is 0 Å². The number of amides is 2. The van der Waals surface area contributed by atoms with E-state index in [0.717, 1.165) is 27.9 Å². The van der Waals surface area contributed by atoms with Crippen LogP contribution in [-0.4, -0.2) is 27.9 Å². The Hall–Kier alpha value is -3.64. The van der Waals surface area contributed by atoms with Crippen LogP contribution < -0.4 is 5.06 Å². The maximum Gasteiger partial charge on any atom is 0.262 e. The number of hydrogen-bond donors (Lipinski definition) is 1. The summed E-state index contributed by atoms with van der Waals surface area (Å²) in [7, 11) is 0. The van der Waals surface area contributed by atoms with Crippen molar-refractivity contribution in [2.75, 3.05) is 5.06 Å². The lowest BCUT2D eigenvalue weighted by molar-refractivity contribution is -0.143. The van der Waals surface area contributed by atoms with E-state index < -0.39 is 18.1 Å². The maximum atomic E-state index is 13.9. The number of imide groups is 1. The van der Waals surface area contributed by atoms with Gasteiger partial charge in [0.15, 0.2) is 6.10 Å². The highest BCUT2D eigenvalue weighted by molar-refractivity contribution is 6.07. The van der Waals surface area contributed by atoms with Crippen molar-refractivity contribution in [2.24, 2.45) is 5.92 Å². The maximum absolute atomic E-state index is 13.9. The standard InChI is InChI=1S/C32H36N2O4/c1-31(2,3)23-17-21(18-24(27(23)35)32(4,5)6)26-25-28(38-34(26)22-15-11-8-12-16-22)30(37)33(29(25)36)19-20-13-9-7-10-14-20/h7-18,25-26,28,35H,19H2,1-6H3/t25-,26-,28-/m1/s1. The molecule has 5 rings (SSSR count). The first-order valence-corrected chi connectivity index (χ1v) is 13.2. The van der Waals surface area contributed by atoms with Crippen LogP contribution in [0.3, 0.4) is 0 Å². The van der Waals surface area contributed by atoms with Gasteiger partial charge < -0.3 is 5.11 Å². The molecule has 2 amide bonds. The summed E-state index contributed by atoms with van der Waals surface area (Å²) in [5.41, 5.74) is 3.42. The van der Waals surface area contributed by atoms with Crippen molar-refractivity contribution in [3.05, 3.63) is 95.1 Å². The number of hydrogen-bond acceptors (Lipinski definition) is 5. The fraction of sp³-hybridized carbons (Fsp3) is 0.375. The van der Waals surface area contributed by atoms with Gasteiger partial charge in [0.05, 0.1) is 18.3 Å². The zero-order valence-electron chi connectivity index (χ0n) is 22.9. The van der Waals surface area contributed by atoms with Gasteiger partial charge in [0.1, 0.15) is 11.7 Å². The molecular formula is C32H36N2O4. The molecule has 6 heteroatoms. The number of nitrogens with zero attached hydrogens (tertiary/aromatic N) is 2. The predicted octanol–water partition coefficient (Wildman–Crippen LogP) is 6.03. The summed E-state index contributed by atoms with van der Waals surface area (Å²) in [5, 5.41) is 13.0. The van der Waals surface area contributed by atoms with Crippen LogP contribution in [0.15, 0.2) is 72.8 Å². The summed E-state index contributed by atoms with van der Waals surface area (Å²) in [5.74, 6) is -1.00. The van der Waals surface area contributed by atoms with E-state index in [2.05, 4.69) is 41.5 Å². The van der Waals surface area contributed by atoms with Gasteiger partial charge in [-0.05, 0) is 57.3 Å². The normalized spacial score (nSPS) is 21.8. The largest absolute Gasteiger partial charge is 0.507 e. The van der Waals surface area contributed by atoms with Crippen molar-refractivity contribution < 1.29 is 19.5 Å². The Labute approximate surface area is 224 Å². The molecule has 2 fully saturated rings. The smallest absolute Gasteiger partial charge is 0.262 e. The number of fused-ring (bicyclic) bond motifs is 1. The number of anilines is 1. The van der Waals surface area contributed by atoms with Gasteiger partial charge in [0, 0.05) is 0 Å². The van der Waals surface area contributed by atoms with E-state index in [4.69, 9.17) is 4.84 Å². The average Bonchev–Trinajstić information content (AvgIpc) is 3.36. The van der Waals surface area contributed by atoms with E-state index in [0.29, 0.717) is 0 Å². The molecule has 2 saturated heterocycles. The van der Waals surface area contributed by atoms with E-state index in [1.807, 2.05) is 72.8 Å². The third-order valence-corrected chi connectivity index (χ3v) is 7.49. The Balaban J connectivity index is 1.65. The van der Waals surface area contributed by atoms with Gasteiger partial charge in [0.2, 0.25) is 5.91 Å². The first kappa shape index (κ1) is 26.0. The fourth-order valence-electron chi connectivity index (χ4n) is 5.50. The number of rotatable bonds is 4. The highest BCUT2D eigenvalue weighted by atomic mass is 16.7. The van der Waals surface area contributed by atoms with Crippen molar-refractivity contribution >= 4 is 17.5 Å². The number of likely N-dealkylation sites (tertiary alicyclic amines) is 1. The minimum Gasteiger partial charge on any atom is -0.507 e. The van der Waals surface area contributed by atoms with Gasteiger partial charge in [-0.2, -0.15) is 0 Å². The molecule has 0 aromatic heterocycles. The first-order valence-electron chi connectivity index (χ1n) is 13.2. The Bertz CT molecular complexity index is 1320. The second kappa shape index (κ2) is 9.28. The summed E-state index contributed by atoms with van der Waals surface area (Å²) in [4.78, 5) is 35.2. The number of carbonyl (C=O) groups is 2. The minimum atomic E-state index is -0.915. The summed E-state index contributed by atoms with van der Waals surface area (Å²) >= 11 is 0. The number of phenols is 1. The molecule has 0 radical (unpaired) electrons. The molecule has 6 nitrogen and oxygen atoms in total. The molecule has 0 unspecified atom stereocenters. The predicted molar refractivity (Wildman–Crippen MR) is 148 cm³/mol. The summed E-state index contributed by atoms with van der Waals surface area (Å²) in [6, 6.07) is 22.5. The number of para-hydroxylation sites is 1. The zero-order chi connectivity index (χ0) is 27.4. The highest BCUT2D eigenvalue weighted by Crippen LogP contribution is 2.49. The lowest BCUT2D eigenvalue weighted by Crippen LogP contribution is -2.37. The molecule has 3 aromatic rings. The molecule has 3 atom stereocenters. The average molecular weight is 513 g/mol. The third-order valence-electron chi connectivity index (χ3n) is 7.49. The summed E-state index contributed by atoms with van der Waals surface area (Å²) in [6.45, 7) is 12.6. The van der Waals surface area contributed by atoms with Crippen molar-refractivity contribution in [2.45, 2.75) is 71.1 Å². The molecule has 38 heavy (non-hydrogen) atoms. The van der Waals surface area contributed by atoms with Crippen LogP contribution in [0.5, 0.6) is 5.75 Å². The SMILES string of the molecule is CC(C)(C)c1cc([C@@H]2[C@H]3C(=O)N(Cc4ccccc4)C(=O)[C@@H]3ON2c2ccccc2)cc(C(C)(C)C)c1O. The highest BCUT2D eigenvalue weighted by Gasteiger charge is 2.60. The molecular weight excluding hydrogens is 476 g/mol. The Morgan fingerprint density at radius 1 is 0.789 bits per heavy atom. The molecule has 0 saturated carbocycles. The molecule has 0 bridgehead atoms. The van der Waals surface area contributed by atoms with Crippen LogP contribution in [-0.2, 0) is 31.8 Å². The minimum absolute atomic E-state index is 0.211. The van der Waals surface area contributed by atoms with Crippen LogP contribution in [0.1, 0.15) is 69.8 Å². The van der Waals surface area contributed by atoms with Crippen LogP contribution in [0.4, 0.5) is 5.69 Å².